The quantitative estimate of drug-likeness (QED) is 0.577. The lowest BCUT2D eigenvalue weighted by atomic mass is 10.2. The van der Waals surface area contributed by atoms with E-state index in [0.717, 1.165) is 36.7 Å². The van der Waals surface area contributed by atoms with Crippen LogP contribution in [-0.4, -0.2) is 45.1 Å². The van der Waals surface area contributed by atoms with Gasteiger partial charge in [0.15, 0.2) is 11.5 Å². The van der Waals surface area contributed by atoms with Crippen LogP contribution < -0.4 is 20.1 Å². The third kappa shape index (κ3) is 5.92. The molecule has 5 nitrogen and oxygen atoms in total. The van der Waals surface area contributed by atoms with Crippen LogP contribution in [0.2, 0.25) is 0 Å². The van der Waals surface area contributed by atoms with Gasteiger partial charge in [0, 0.05) is 26.2 Å². The average molecular weight is 268 g/mol. The molecule has 0 saturated carbocycles. The zero-order valence-electron chi connectivity index (χ0n) is 11.9. The van der Waals surface area contributed by atoms with Gasteiger partial charge in [-0.2, -0.15) is 0 Å². The first-order chi connectivity index (χ1) is 9.17. The lowest BCUT2D eigenvalue weighted by molar-refractivity contribution is 0.191. The summed E-state index contributed by atoms with van der Waals surface area (Å²) in [6.45, 7) is 4.85. The molecular weight excluding hydrogens is 244 g/mol. The molecule has 0 saturated heterocycles. The molecule has 0 bridgehead atoms. The van der Waals surface area contributed by atoms with E-state index in [9.17, 15) is 0 Å². The molecule has 1 aromatic carbocycles. The summed E-state index contributed by atoms with van der Waals surface area (Å²) < 4.78 is 10.4. The first-order valence-corrected chi connectivity index (χ1v) is 6.47. The molecule has 1 atom stereocenters. The predicted octanol–water partition coefficient (Wildman–Crippen LogP) is 0.764. The van der Waals surface area contributed by atoms with Gasteiger partial charge in [0.05, 0.1) is 20.3 Å². The van der Waals surface area contributed by atoms with Crippen LogP contribution in [0.4, 0.5) is 0 Å². The molecule has 0 spiro atoms. The van der Waals surface area contributed by atoms with Crippen LogP contribution in [0.5, 0.6) is 11.5 Å². The van der Waals surface area contributed by atoms with Crippen molar-refractivity contribution in [3.63, 3.8) is 0 Å². The molecule has 5 heteroatoms. The zero-order chi connectivity index (χ0) is 14.1. The van der Waals surface area contributed by atoms with E-state index < -0.39 is 0 Å². The average Bonchev–Trinajstić information content (AvgIpc) is 2.42. The van der Waals surface area contributed by atoms with Crippen molar-refractivity contribution in [1.82, 2.24) is 10.6 Å². The lowest BCUT2D eigenvalue weighted by Crippen LogP contribution is -2.31. The highest BCUT2D eigenvalue weighted by molar-refractivity contribution is 5.42. The minimum absolute atomic E-state index is 0.300. The Kier molecular flexibility index (Phi) is 7.25. The highest BCUT2D eigenvalue weighted by Gasteiger charge is 2.03. The van der Waals surface area contributed by atoms with E-state index in [-0.39, 0.29) is 6.10 Å². The maximum Gasteiger partial charge on any atom is 0.161 e. The van der Waals surface area contributed by atoms with Crippen LogP contribution in [0.1, 0.15) is 12.5 Å². The second-order valence-corrected chi connectivity index (χ2v) is 4.42. The molecule has 0 radical (unpaired) electrons. The molecule has 0 aromatic heterocycles. The Morgan fingerprint density at radius 2 is 1.79 bits per heavy atom. The molecule has 108 valence electrons. The van der Waals surface area contributed by atoms with Crippen molar-refractivity contribution in [2.45, 2.75) is 19.6 Å². The fourth-order valence-corrected chi connectivity index (χ4v) is 1.71. The normalized spacial score (nSPS) is 12.2. The topological polar surface area (TPSA) is 62.8 Å². The number of aliphatic hydroxyl groups excluding tert-OH is 1. The maximum absolute atomic E-state index is 9.09. The van der Waals surface area contributed by atoms with Crippen LogP contribution in [-0.2, 0) is 6.54 Å². The van der Waals surface area contributed by atoms with Crippen molar-refractivity contribution >= 4 is 0 Å². The second-order valence-electron chi connectivity index (χ2n) is 4.42. The van der Waals surface area contributed by atoms with E-state index in [1.807, 2.05) is 18.2 Å². The van der Waals surface area contributed by atoms with Crippen LogP contribution in [0.15, 0.2) is 18.2 Å². The van der Waals surface area contributed by atoms with Gasteiger partial charge >= 0.3 is 0 Å². The van der Waals surface area contributed by atoms with Crippen LogP contribution in [0.3, 0.4) is 0 Å². The lowest BCUT2D eigenvalue weighted by Gasteiger charge is -2.11. The Morgan fingerprint density at radius 1 is 1.11 bits per heavy atom. The fourth-order valence-electron chi connectivity index (χ4n) is 1.71. The van der Waals surface area contributed by atoms with Crippen molar-refractivity contribution in [3.8, 4) is 11.5 Å². The minimum atomic E-state index is -0.300. The summed E-state index contributed by atoms with van der Waals surface area (Å²) in [5, 5.41) is 15.6. The van der Waals surface area contributed by atoms with E-state index in [1.54, 1.807) is 21.1 Å². The summed E-state index contributed by atoms with van der Waals surface area (Å²) in [7, 11) is 3.26. The first-order valence-electron chi connectivity index (χ1n) is 6.47. The molecule has 1 aromatic rings. The van der Waals surface area contributed by atoms with Crippen molar-refractivity contribution in [3.05, 3.63) is 23.8 Å². The van der Waals surface area contributed by atoms with E-state index >= 15 is 0 Å². The van der Waals surface area contributed by atoms with Gasteiger partial charge in [-0.1, -0.05) is 6.07 Å². The van der Waals surface area contributed by atoms with Gasteiger partial charge in [-0.15, -0.1) is 0 Å². The summed E-state index contributed by atoms with van der Waals surface area (Å²) in [5.41, 5.74) is 1.15. The summed E-state index contributed by atoms with van der Waals surface area (Å²) in [6, 6.07) is 5.88. The van der Waals surface area contributed by atoms with Crippen molar-refractivity contribution < 1.29 is 14.6 Å². The van der Waals surface area contributed by atoms with Gasteiger partial charge in [0.1, 0.15) is 0 Å². The molecule has 1 rings (SSSR count). The SMILES string of the molecule is COc1ccc(CNCCNCC(C)O)cc1OC. The number of aliphatic hydroxyl groups is 1. The number of rotatable bonds is 9. The molecule has 1 unspecified atom stereocenters. The summed E-state index contributed by atoms with van der Waals surface area (Å²) >= 11 is 0. The number of hydrogen-bond donors (Lipinski definition) is 3. The zero-order valence-corrected chi connectivity index (χ0v) is 11.9. The molecule has 0 aliphatic rings. The predicted molar refractivity (Wildman–Crippen MR) is 75.8 cm³/mol. The van der Waals surface area contributed by atoms with E-state index in [1.165, 1.54) is 0 Å². The van der Waals surface area contributed by atoms with Gasteiger partial charge in [-0.05, 0) is 24.6 Å². The van der Waals surface area contributed by atoms with E-state index in [2.05, 4.69) is 10.6 Å². The summed E-state index contributed by atoms with van der Waals surface area (Å²) in [4.78, 5) is 0. The largest absolute Gasteiger partial charge is 0.493 e. The van der Waals surface area contributed by atoms with Crippen molar-refractivity contribution in [2.75, 3.05) is 33.9 Å². The van der Waals surface area contributed by atoms with Gasteiger partial charge in [0.2, 0.25) is 0 Å². The number of methoxy groups -OCH3 is 2. The first kappa shape index (κ1) is 15.8. The van der Waals surface area contributed by atoms with Gasteiger partial charge < -0.3 is 25.2 Å². The second kappa shape index (κ2) is 8.74. The van der Waals surface area contributed by atoms with Crippen molar-refractivity contribution in [1.29, 1.82) is 0 Å². The number of benzene rings is 1. The van der Waals surface area contributed by atoms with Crippen LogP contribution >= 0.6 is 0 Å². The van der Waals surface area contributed by atoms with Crippen LogP contribution in [0.25, 0.3) is 0 Å². The Morgan fingerprint density at radius 3 is 2.42 bits per heavy atom. The summed E-state index contributed by atoms with van der Waals surface area (Å²) in [5.74, 6) is 1.49. The Labute approximate surface area is 114 Å². The third-order valence-corrected chi connectivity index (χ3v) is 2.70. The molecule has 3 N–H and O–H groups in total. The van der Waals surface area contributed by atoms with E-state index in [0.29, 0.717) is 6.54 Å². The summed E-state index contributed by atoms with van der Waals surface area (Å²) in [6.07, 6.45) is -0.300. The number of nitrogens with one attached hydrogen (secondary N) is 2. The monoisotopic (exact) mass is 268 g/mol. The van der Waals surface area contributed by atoms with Crippen LogP contribution in [0, 0.1) is 0 Å². The molecule has 0 heterocycles. The molecule has 0 aliphatic heterocycles. The smallest absolute Gasteiger partial charge is 0.161 e. The van der Waals surface area contributed by atoms with Gasteiger partial charge in [-0.3, -0.25) is 0 Å². The maximum atomic E-state index is 9.09. The Hall–Kier alpha value is -1.30. The minimum Gasteiger partial charge on any atom is -0.493 e. The van der Waals surface area contributed by atoms with Gasteiger partial charge in [0.25, 0.3) is 0 Å². The molecule has 19 heavy (non-hydrogen) atoms. The van der Waals surface area contributed by atoms with E-state index in [4.69, 9.17) is 14.6 Å². The fraction of sp³-hybridized carbons (Fsp3) is 0.571. The molecule has 0 fully saturated rings. The Balaban J connectivity index is 2.29. The van der Waals surface area contributed by atoms with Crippen molar-refractivity contribution in [2.24, 2.45) is 0 Å². The highest BCUT2D eigenvalue weighted by atomic mass is 16.5. The van der Waals surface area contributed by atoms with Gasteiger partial charge in [-0.25, -0.2) is 0 Å². The highest BCUT2D eigenvalue weighted by Crippen LogP contribution is 2.27. The molecular formula is C14H24N2O3. The Bertz CT molecular complexity index is 370. The number of ether oxygens (including phenoxy) is 2. The molecule has 0 aliphatic carbocycles. The number of hydrogen-bond acceptors (Lipinski definition) is 5. The molecule has 0 amide bonds. The standard InChI is InChI=1S/C14H24N2O3/c1-11(17)9-15-6-7-16-10-12-4-5-13(18-2)14(8-12)19-3/h4-5,8,11,15-17H,6-7,9-10H2,1-3H3. The third-order valence-electron chi connectivity index (χ3n) is 2.70.